The number of halogens is 1. The zero-order valence-corrected chi connectivity index (χ0v) is 10.2. The van der Waals surface area contributed by atoms with E-state index in [0.29, 0.717) is 20.5 Å². The molecule has 0 aliphatic heterocycles. The van der Waals surface area contributed by atoms with Gasteiger partial charge in [-0.1, -0.05) is 0 Å². The first-order valence-electron chi connectivity index (χ1n) is 4.79. The molecule has 3 aromatic rings. The molecule has 0 amide bonds. The molecule has 0 spiro atoms. The maximum atomic E-state index is 11.7. The maximum absolute atomic E-state index is 11.7. The molecule has 90 valence electrons. The van der Waals surface area contributed by atoms with Gasteiger partial charge in [-0.15, -0.1) is 0 Å². The summed E-state index contributed by atoms with van der Waals surface area (Å²) < 4.78 is 2.02. The molecule has 0 radical (unpaired) electrons. The summed E-state index contributed by atoms with van der Waals surface area (Å²) in [5, 5.41) is 30.2. The van der Waals surface area contributed by atoms with Crippen LogP contribution >= 0.6 is 15.9 Å². The molecule has 0 atom stereocenters. The Hall–Kier alpha value is -2.29. The summed E-state index contributed by atoms with van der Waals surface area (Å²) in [6.07, 6.45) is 1.50. The molecule has 0 aliphatic carbocycles. The van der Waals surface area contributed by atoms with E-state index in [1.165, 1.54) is 28.9 Å². The van der Waals surface area contributed by atoms with E-state index in [4.69, 9.17) is 0 Å². The Morgan fingerprint density at radius 1 is 1.44 bits per heavy atom. The Morgan fingerprint density at radius 2 is 2.22 bits per heavy atom. The third-order valence-corrected chi connectivity index (χ3v) is 3.05. The van der Waals surface area contributed by atoms with Crippen molar-refractivity contribution in [2.24, 2.45) is 0 Å². The molecule has 3 rings (SSSR count). The van der Waals surface area contributed by atoms with Crippen LogP contribution in [-0.2, 0) is 0 Å². The first kappa shape index (κ1) is 10.8. The number of nitro groups is 1. The fraction of sp³-hybridized carbons (Fsp3) is 0. The highest BCUT2D eigenvalue weighted by Gasteiger charge is 2.18. The lowest BCUT2D eigenvalue weighted by Gasteiger charge is -2.01. The largest absolute Gasteiger partial charge is 0.594 e. The van der Waals surface area contributed by atoms with Crippen LogP contribution in [0.25, 0.3) is 16.7 Å². The van der Waals surface area contributed by atoms with Crippen LogP contribution < -0.4 is 4.85 Å². The number of non-ortho nitro benzene ring substituents is 1. The van der Waals surface area contributed by atoms with Crippen LogP contribution in [0.4, 0.5) is 5.69 Å². The summed E-state index contributed by atoms with van der Waals surface area (Å²) in [4.78, 5) is 10.5. The lowest BCUT2D eigenvalue weighted by molar-refractivity contribution is -0.640. The molecule has 1 aromatic carbocycles. The zero-order valence-electron chi connectivity index (χ0n) is 8.65. The van der Waals surface area contributed by atoms with Crippen molar-refractivity contribution in [1.82, 2.24) is 14.7 Å². The number of rotatable bonds is 1. The average Bonchev–Trinajstić information content (AvgIpc) is 2.71. The van der Waals surface area contributed by atoms with Crippen LogP contribution in [0.3, 0.4) is 0 Å². The topological polar surface area (TPSA) is 100 Å². The van der Waals surface area contributed by atoms with Gasteiger partial charge in [-0.25, -0.2) is 4.52 Å². The van der Waals surface area contributed by atoms with Crippen LogP contribution in [0.2, 0.25) is 0 Å². The standard InChI is InChI=1S/C9H4BrN5O3/c10-6-4-11-13-7-2-1-5(15(17)18)3-8(7)14(16)12-9(6)13/h1-4H. The Balaban J connectivity index is 2.48. The van der Waals surface area contributed by atoms with Gasteiger partial charge in [-0.3, -0.25) is 10.1 Å². The predicted molar refractivity (Wildman–Crippen MR) is 63.8 cm³/mol. The summed E-state index contributed by atoms with van der Waals surface area (Å²) in [5.74, 6) is 0. The normalized spacial score (nSPS) is 11.2. The van der Waals surface area contributed by atoms with E-state index in [-0.39, 0.29) is 11.2 Å². The van der Waals surface area contributed by atoms with Crippen molar-refractivity contribution in [3.63, 3.8) is 0 Å². The molecular formula is C9H4BrN5O3. The summed E-state index contributed by atoms with van der Waals surface area (Å²) in [7, 11) is 0. The van der Waals surface area contributed by atoms with Crippen LogP contribution in [0, 0.1) is 15.3 Å². The molecule has 0 aliphatic rings. The van der Waals surface area contributed by atoms with Crippen molar-refractivity contribution in [3.8, 4) is 0 Å². The lowest BCUT2D eigenvalue weighted by Crippen LogP contribution is -2.33. The second-order valence-corrected chi connectivity index (χ2v) is 4.39. The number of nitrogens with zero attached hydrogens (tertiary/aromatic N) is 5. The van der Waals surface area contributed by atoms with Crippen molar-refractivity contribution >= 4 is 38.3 Å². The second kappa shape index (κ2) is 3.60. The predicted octanol–water partition coefficient (Wildman–Crippen LogP) is 1.19. The van der Waals surface area contributed by atoms with Crippen molar-refractivity contribution < 1.29 is 9.77 Å². The smallest absolute Gasteiger partial charge is 0.277 e. The number of benzene rings is 1. The van der Waals surface area contributed by atoms with E-state index >= 15 is 0 Å². The summed E-state index contributed by atoms with van der Waals surface area (Å²) in [6.45, 7) is 0. The highest BCUT2D eigenvalue weighted by Crippen LogP contribution is 2.21. The Labute approximate surface area is 107 Å². The summed E-state index contributed by atoms with van der Waals surface area (Å²) >= 11 is 3.22. The maximum Gasteiger partial charge on any atom is 0.277 e. The minimum absolute atomic E-state index is 0.0901. The number of aromatic nitrogens is 4. The monoisotopic (exact) mass is 309 g/mol. The number of hydrogen-bond donors (Lipinski definition) is 0. The Bertz CT molecular complexity index is 800. The molecule has 0 N–H and O–H groups in total. The Morgan fingerprint density at radius 3 is 2.94 bits per heavy atom. The van der Waals surface area contributed by atoms with Gasteiger partial charge < -0.3 is 5.21 Å². The number of nitro benzene ring substituents is 1. The van der Waals surface area contributed by atoms with Gasteiger partial charge in [-0.05, 0) is 26.8 Å². The van der Waals surface area contributed by atoms with Gasteiger partial charge in [0, 0.05) is 11.2 Å². The van der Waals surface area contributed by atoms with Crippen molar-refractivity contribution in [1.29, 1.82) is 0 Å². The van der Waals surface area contributed by atoms with Crippen LogP contribution in [0.15, 0.2) is 28.9 Å². The Kier molecular flexibility index (Phi) is 2.17. The van der Waals surface area contributed by atoms with E-state index in [9.17, 15) is 15.3 Å². The third kappa shape index (κ3) is 1.40. The minimum Gasteiger partial charge on any atom is -0.594 e. The van der Waals surface area contributed by atoms with Gasteiger partial charge in [-0.2, -0.15) is 5.10 Å². The summed E-state index contributed by atoms with van der Waals surface area (Å²) in [5.41, 5.74) is 0.726. The fourth-order valence-electron chi connectivity index (χ4n) is 1.69. The van der Waals surface area contributed by atoms with Crippen molar-refractivity contribution in [2.75, 3.05) is 0 Å². The molecule has 18 heavy (non-hydrogen) atoms. The molecule has 2 aromatic heterocycles. The number of hydrogen-bond acceptors (Lipinski definition) is 5. The van der Waals surface area contributed by atoms with E-state index in [1.807, 2.05) is 0 Å². The highest BCUT2D eigenvalue weighted by atomic mass is 79.9. The van der Waals surface area contributed by atoms with Gasteiger partial charge in [0.1, 0.15) is 5.52 Å². The van der Waals surface area contributed by atoms with E-state index < -0.39 is 4.92 Å². The lowest BCUT2D eigenvalue weighted by atomic mass is 10.3. The van der Waals surface area contributed by atoms with Gasteiger partial charge in [0.05, 0.1) is 21.7 Å². The second-order valence-electron chi connectivity index (χ2n) is 3.53. The molecule has 0 bridgehead atoms. The third-order valence-electron chi connectivity index (χ3n) is 2.49. The molecule has 0 fully saturated rings. The van der Waals surface area contributed by atoms with Crippen LogP contribution in [0.1, 0.15) is 0 Å². The van der Waals surface area contributed by atoms with Gasteiger partial charge in [0.25, 0.3) is 11.2 Å². The average molecular weight is 310 g/mol. The molecule has 9 heteroatoms. The molecule has 8 nitrogen and oxygen atoms in total. The molecule has 0 saturated heterocycles. The first-order chi connectivity index (χ1) is 8.58. The fourth-order valence-corrected chi connectivity index (χ4v) is 2.02. The first-order valence-corrected chi connectivity index (χ1v) is 5.58. The quantitative estimate of drug-likeness (QED) is 0.291. The van der Waals surface area contributed by atoms with Crippen molar-refractivity contribution in [3.05, 3.63) is 44.2 Å². The number of fused-ring (bicyclic) bond motifs is 3. The molecule has 0 saturated carbocycles. The van der Waals surface area contributed by atoms with Gasteiger partial charge >= 0.3 is 0 Å². The zero-order chi connectivity index (χ0) is 12.9. The van der Waals surface area contributed by atoms with E-state index in [1.54, 1.807) is 0 Å². The van der Waals surface area contributed by atoms with E-state index in [0.717, 1.165) is 0 Å². The van der Waals surface area contributed by atoms with E-state index in [2.05, 4.69) is 26.1 Å². The molecule has 2 heterocycles. The van der Waals surface area contributed by atoms with Gasteiger partial charge in [0.2, 0.25) is 5.65 Å². The highest BCUT2D eigenvalue weighted by molar-refractivity contribution is 9.10. The SMILES string of the molecule is O=[N+]([O-])c1ccc2c(c1)[n+]([O-])nc1c(Br)cnn12. The molecule has 0 unspecified atom stereocenters. The van der Waals surface area contributed by atoms with Crippen LogP contribution in [-0.4, -0.2) is 19.6 Å². The van der Waals surface area contributed by atoms with Crippen molar-refractivity contribution in [2.45, 2.75) is 0 Å². The summed E-state index contributed by atoms with van der Waals surface area (Å²) in [6, 6.07) is 3.96. The van der Waals surface area contributed by atoms with Crippen LogP contribution in [0.5, 0.6) is 0 Å². The minimum atomic E-state index is -0.567. The molecular weight excluding hydrogens is 306 g/mol. The van der Waals surface area contributed by atoms with Gasteiger partial charge in [0.15, 0.2) is 0 Å².